The second-order valence-electron chi connectivity index (χ2n) is 7.78. The molecule has 142 valence electrons. The Balaban J connectivity index is 3.59. The van der Waals surface area contributed by atoms with Crippen molar-refractivity contribution >= 4 is 11.8 Å². The monoisotopic (exact) mass is 342 g/mol. The molecule has 0 fully saturated rings. The topological polar surface area (TPSA) is 63.6 Å². The van der Waals surface area contributed by atoms with E-state index in [2.05, 4.69) is 6.92 Å². The summed E-state index contributed by atoms with van der Waals surface area (Å²) < 4.78 is 5.11. The smallest absolute Gasteiger partial charge is 0.313 e. The largest absolute Gasteiger partial charge is 0.460 e. The highest BCUT2D eigenvalue weighted by Crippen LogP contribution is 2.13. The Morgan fingerprint density at radius 3 is 1.92 bits per heavy atom. The molecule has 1 atom stereocenters. The van der Waals surface area contributed by atoms with E-state index >= 15 is 0 Å². The predicted octanol–water partition coefficient (Wildman–Crippen LogP) is 4.96. The van der Waals surface area contributed by atoms with Crippen LogP contribution in [-0.4, -0.2) is 28.6 Å². The van der Waals surface area contributed by atoms with Crippen LogP contribution in [-0.2, 0) is 14.3 Å². The van der Waals surface area contributed by atoms with Gasteiger partial charge in [-0.3, -0.25) is 9.59 Å². The molecule has 1 unspecified atom stereocenters. The molecule has 0 radical (unpaired) electrons. The maximum atomic E-state index is 11.7. The minimum atomic E-state index is -0.635. The number of esters is 1. The first-order valence-corrected chi connectivity index (χ1v) is 9.66. The molecule has 0 aromatic carbocycles. The van der Waals surface area contributed by atoms with Gasteiger partial charge in [0.25, 0.3) is 0 Å². The van der Waals surface area contributed by atoms with E-state index in [1.807, 2.05) is 0 Å². The van der Waals surface area contributed by atoms with Gasteiger partial charge in [-0.15, -0.1) is 0 Å². The van der Waals surface area contributed by atoms with Crippen molar-refractivity contribution in [3.05, 3.63) is 0 Å². The van der Waals surface area contributed by atoms with E-state index in [4.69, 9.17) is 4.74 Å². The summed E-state index contributed by atoms with van der Waals surface area (Å²) in [6.45, 7) is 7.54. The maximum absolute atomic E-state index is 11.7. The van der Waals surface area contributed by atoms with Gasteiger partial charge in [0.2, 0.25) is 0 Å². The Morgan fingerprint density at radius 1 is 0.917 bits per heavy atom. The molecule has 24 heavy (non-hydrogen) atoms. The minimum absolute atomic E-state index is 0.0518. The number of carbonyl (C=O) groups excluding carboxylic acids is 2. The predicted molar refractivity (Wildman–Crippen MR) is 97.9 cm³/mol. The standard InChI is InChI=1S/C20H38O4/c1-5-6-7-8-9-10-11-12-13-14-17(21)15-18(22)16-19(23)24-20(2,3)4/h17,21H,5-16H2,1-4H3. The summed E-state index contributed by atoms with van der Waals surface area (Å²) in [5, 5.41) is 9.89. The van der Waals surface area contributed by atoms with Gasteiger partial charge in [0.05, 0.1) is 6.10 Å². The summed E-state index contributed by atoms with van der Waals surface area (Å²) in [6, 6.07) is 0. The van der Waals surface area contributed by atoms with Gasteiger partial charge in [0, 0.05) is 6.42 Å². The van der Waals surface area contributed by atoms with Crippen molar-refractivity contribution in [3.8, 4) is 0 Å². The quantitative estimate of drug-likeness (QED) is 0.275. The normalized spacial score (nSPS) is 12.9. The highest BCUT2D eigenvalue weighted by atomic mass is 16.6. The number of aliphatic hydroxyl groups excluding tert-OH is 1. The number of ether oxygens (including phenoxy) is 1. The molecule has 0 saturated carbocycles. The van der Waals surface area contributed by atoms with Crippen LogP contribution in [0.15, 0.2) is 0 Å². The Kier molecular flexibility index (Phi) is 12.9. The molecule has 0 bridgehead atoms. The molecule has 0 saturated heterocycles. The molecule has 0 aliphatic heterocycles. The van der Waals surface area contributed by atoms with Crippen molar-refractivity contribution in [2.24, 2.45) is 0 Å². The van der Waals surface area contributed by atoms with Gasteiger partial charge in [0.15, 0.2) is 0 Å². The van der Waals surface area contributed by atoms with E-state index in [0.717, 1.165) is 12.8 Å². The molecule has 0 heterocycles. The zero-order valence-corrected chi connectivity index (χ0v) is 16.2. The third-order valence-corrected chi connectivity index (χ3v) is 3.87. The first-order chi connectivity index (χ1) is 11.2. The number of carbonyl (C=O) groups is 2. The molecule has 0 amide bonds. The van der Waals surface area contributed by atoms with Crippen LogP contribution in [0.4, 0.5) is 0 Å². The van der Waals surface area contributed by atoms with E-state index in [1.165, 1.54) is 44.9 Å². The first-order valence-electron chi connectivity index (χ1n) is 9.66. The van der Waals surface area contributed by atoms with Crippen LogP contribution in [0.5, 0.6) is 0 Å². The van der Waals surface area contributed by atoms with Gasteiger partial charge >= 0.3 is 5.97 Å². The number of hydrogen-bond acceptors (Lipinski definition) is 4. The van der Waals surface area contributed by atoms with Gasteiger partial charge in [-0.25, -0.2) is 0 Å². The molecule has 0 aromatic rings. The molecule has 0 rings (SSSR count). The van der Waals surface area contributed by atoms with Gasteiger partial charge in [-0.05, 0) is 27.2 Å². The molecule has 0 spiro atoms. The van der Waals surface area contributed by atoms with Crippen molar-refractivity contribution in [2.45, 2.75) is 116 Å². The van der Waals surface area contributed by atoms with E-state index in [1.54, 1.807) is 20.8 Å². The van der Waals surface area contributed by atoms with Gasteiger partial charge in [-0.2, -0.15) is 0 Å². The Bertz CT molecular complexity index is 344. The zero-order valence-electron chi connectivity index (χ0n) is 16.2. The number of hydrogen-bond donors (Lipinski definition) is 1. The summed E-state index contributed by atoms with van der Waals surface area (Å²) in [7, 11) is 0. The fourth-order valence-corrected chi connectivity index (χ4v) is 2.67. The highest BCUT2D eigenvalue weighted by molar-refractivity contribution is 5.95. The van der Waals surface area contributed by atoms with Crippen LogP contribution in [0.25, 0.3) is 0 Å². The maximum Gasteiger partial charge on any atom is 0.313 e. The fourth-order valence-electron chi connectivity index (χ4n) is 2.67. The second-order valence-corrected chi connectivity index (χ2v) is 7.78. The summed E-state index contributed by atoms with van der Waals surface area (Å²) >= 11 is 0. The molecular weight excluding hydrogens is 304 g/mol. The number of Topliss-reactive ketones (excluding diaryl/α,β-unsaturated/α-hetero) is 1. The lowest BCUT2D eigenvalue weighted by Gasteiger charge is -2.19. The molecule has 4 nitrogen and oxygen atoms in total. The Hall–Kier alpha value is -0.900. The van der Waals surface area contributed by atoms with Crippen LogP contribution in [0.1, 0.15) is 105 Å². The molecule has 0 aromatic heterocycles. The van der Waals surface area contributed by atoms with Crippen LogP contribution in [0.2, 0.25) is 0 Å². The zero-order chi connectivity index (χ0) is 18.4. The highest BCUT2D eigenvalue weighted by Gasteiger charge is 2.20. The summed E-state index contributed by atoms with van der Waals surface area (Å²) in [4.78, 5) is 23.3. The molecule has 1 N–H and O–H groups in total. The second kappa shape index (κ2) is 13.4. The fraction of sp³-hybridized carbons (Fsp3) is 0.900. The van der Waals surface area contributed by atoms with Crippen LogP contribution < -0.4 is 0 Å². The minimum Gasteiger partial charge on any atom is -0.460 e. The van der Waals surface area contributed by atoms with Crippen molar-refractivity contribution in [1.29, 1.82) is 0 Å². The lowest BCUT2D eigenvalue weighted by molar-refractivity contribution is -0.156. The average molecular weight is 343 g/mol. The molecular formula is C20H38O4. The van der Waals surface area contributed by atoms with E-state index in [-0.39, 0.29) is 18.6 Å². The molecule has 0 aliphatic carbocycles. The van der Waals surface area contributed by atoms with Gasteiger partial charge in [0.1, 0.15) is 17.8 Å². The SMILES string of the molecule is CCCCCCCCCCCC(O)CC(=O)CC(=O)OC(C)(C)C. The van der Waals surface area contributed by atoms with Gasteiger partial charge < -0.3 is 9.84 Å². The van der Waals surface area contributed by atoms with E-state index < -0.39 is 17.7 Å². The van der Waals surface area contributed by atoms with Crippen LogP contribution in [0.3, 0.4) is 0 Å². The number of unbranched alkanes of at least 4 members (excludes halogenated alkanes) is 8. The third kappa shape index (κ3) is 16.0. The lowest BCUT2D eigenvalue weighted by atomic mass is 10.0. The van der Waals surface area contributed by atoms with E-state index in [9.17, 15) is 14.7 Å². The van der Waals surface area contributed by atoms with Crippen molar-refractivity contribution in [1.82, 2.24) is 0 Å². The lowest BCUT2D eigenvalue weighted by Crippen LogP contribution is -2.26. The number of rotatable bonds is 14. The molecule has 4 heteroatoms. The van der Waals surface area contributed by atoms with Crippen LogP contribution in [0, 0.1) is 0 Å². The van der Waals surface area contributed by atoms with Crippen LogP contribution >= 0.6 is 0 Å². The Labute approximate surface area is 148 Å². The van der Waals surface area contributed by atoms with Gasteiger partial charge in [-0.1, -0.05) is 64.7 Å². The van der Waals surface area contributed by atoms with Crippen molar-refractivity contribution < 1.29 is 19.4 Å². The van der Waals surface area contributed by atoms with Crippen molar-refractivity contribution in [3.63, 3.8) is 0 Å². The molecule has 0 aliphatic rings. The number of aliphatic hydroxyl groups is 1. The third-order valence-electron chi connectivity index (χ3n) is 3.87. The Morgan fingerprint density at radius 2 is 1.42 bits per heavy atom. The average Bonchev–Trinajstić information content (AvgIpc) is 2.43. The summed E-state index contributed by atoms with van der Waals surface area (Å²) in [5.74, 6) is -0.754. The van der Waals surface area contributed by atoms with E-state index in [0.29, 0.717) is 6.42 Å². The summed E-state index contributed by atoms with van der Waals surface area (Å²) in [6.07, 6.45) is 10.9. The first kappa shape index (κ1) is 23.1. The summed E-state index contributed by atoms with van der Waals surface area (Å²) in [5.41, 5.74) is -0.577. The number of ketones is 1. The van der Waals surface area contributed by atoms with Crippen molar-refractivity contribution in [2.75, 3.05) is 0 Å².